The Kier molecular flexibility index (Phi) is 2.38. The lowest BCUT2D eigenvalue weighted by Gasteiger charge is -2.22. The normalized spacial score (nSPS) is 31.3. The number of aliphatic hydroxyl groups is 1. The molecule has 2 unspecified atom stereocenters. The van der Waals surface area contributed by atoms with Gasteiger partial charge in [-0.25, -0.2) is 0 Å². The number of rotatable bonds is 1. The third kappa shape index (κ3) is 1.86. The minimum atomic E-state index is 0.352. The average molecular weight is 152 g/mol. The van der Waals surface area contributed by atoms with Gasteiger partial charge in [0.25, 0.3) is 0 Å². The highest BCUT2D eigenvalue weighted by molar-refractivity contribution is 5.13. The third-order valence-electron chi connectivity index (χ3n) is 2.42. The third-order valence-corrected chi connectivity index (χ3v) is 2.42. The van der Waals surface area contributed by atoms with Crippen molar-refractivity contribution in [1.82, 2.24) is 0 Å². The van der Waals surface area contributed by atoms with Gasteiger partial charge in [-0.05, 0) is 25.8 Å². The maximum Gasteiger partial charge on any atom is 0.0916 e. The fourth-order valence-electron chi connectivity index (χ4n) is 1.42. The summed E-state index contributed by atoms with van der Waals surface area (Å²) >= 11 is 0. The van der Waals surface area contributed by atoms with Crippen molar-refractivity contribution >= 4 is 0 Å². The van der Waals surface area contributed by atoms with E-state index in [2.05, 4.69) is 13.5 Å². The number of hydrogen-bond acceptors (Lipinski definition) is 1. The fraction of sp³-hybridized carbons (Fsp3) is 0.600. The smallest absolute Gasteiger partial charge is 0.0916 e. The molecule has 0 heterocycles. The Bertz CT molecular complexity index is 191. The maximum absolute atomic E-state index is 9.42. The zero-order valence-corrected chi connectivity index (χ0v) is 7.30. The number of hydrogen-bond donors (Lipinski definition) is 1. The van der Waals surface area contributed by atoms with Crippen molar-refractivity contribution in [3.8, 4) is 0 Å². The molecule has 0 aliphatic heterocycles. The van der Waals surface area contributed by atoms with E-state index in [9.17, 15) is 5.11 Å². The van der Waals surface area contributed by atoms with Crippen LogP contribution in [0.5, 0.6) is 0 Å². The largest absolute Gasteiger partial charge is 0.512 e. The molecule has 1 aliphatic rings. The molecule has 0 aromatic rings. The summed E-state index contributed by atoms with van der Waals surface area (Å²) in [5, 5.41) is 9.42. The minimum absolute atomic E-state index is 0.352. The summed E-state index contributed by atoms with van der Waals surface area (Å²) in [6.45, 7) is 7.96. The summed E-state index contributed by atoms with van der Waals surface area (Å²) in [4.78, 5) is 0. The molecule has 0 fully saturated rings. The second-order valence-corrected chi connectivity index (χ2v) is 3.52. The van der Waals surface area contributed by atoms with Crippen LogP contribution in [0.4, 0.5) is 0 Å². The quantitative estimate of drug-likeness (QED) is 0.572. The van der Waals surface area contributed by atoms with Gasteiger partial charge in [-0.15, -0.1) is 0 Å². The zero-order chi connectivity index (χ0) is 8.43. The van der Waals surface area contributed by atoms with Crippen LogP contribution in [0.15, 0.2) is 24.0 Å². The Morgan fingerprint density at radius 3 is 2.73 bits per heavy atom. The first-order valence-corrected chi connectivity index (χ1v) is 4.17. The van der Waals surface area contributed by atoms with Gasteiger partial charge < -0.3 is 5.11 Å². The van der Waals surface area contributed by atoms with E-state index in [4.69, 9.17) is 0 Å². The monoisotopic (exact) mass is 152 g/mol. The van der Waals surface area contributed by atoms with Crippen molar-refractivity contribution in [2.24, 2.45) is 11.8 Å². The van der Waals surface area contributed by atoms with Gasteiger partial charge in [-0.1, -0.05) is 19.1 Å². The summed E-state index contributed by atoms with van der Waals surface area (Å²) < 4.78 is 0. The van der Waals surface area contributed by atoms with Gasteiger partial charge in [-0.3, -0.25) is 0 Å². The first-order chi connectivity index (χ1) is 5.11. The highest BCUT2D eigenvalue weighted by Crippen LogP contribution is 2.29. The first-order valence-electron chi connectivity index (χ1n) is 4.17. The second kappa shape index (κ2) is 3.12. The summed E-state index contributed by atoms with van der Waals surface area (Å²) in [5.41, 5.74) is 1.16. The van der Waals surface area contributed by atoms with E-state index in [1.54, 1.807) is 0 Å². The molecular weight excluding hydrogens is 136 g/mol. The van der Waals surface area contributed by atoms with Crippen LogP contribution < -0.4 is 0 Å². The van der Waals surface area contributed by atoms with Crippen LogP contribution in [0, 0.1) is 11.8 Å². The van der Waals surface area contributed by atoms with Gasteiger partial charge in [-0.2, -0.15) is 0 Å². The Labute approximate surface area is 68.4 Å². The summed E-state index contributed by atoms with van der Waals surface area (Å²) in [5.74, 6) is 1.31. The summed E-state index contributed by atoms with van der Waals surface area (Å²) in [6.07, 6.45) is 4.16. The molecule has 0 radical (unpaired) electrons. The van der Waals surface area contributed by atoms with Crippen molar-refractivity contribution in [3.05, 3.63) is 24.0 Å². The lowest BCUT2D eigenvalue weighted by Crippen LogP contribution is -2.12. The standard InChI is InChI=1S/C10H16O/c1-7(2)9-5-4-8(3)10(11)6-9/h6,8-9,11H,1,4-5H2,2-3H3. The first kappa shape index (κ1) is 8.38. The van der Waals surface area contributed by atoms with Crippen LogP contribution >= 0.6 is 0 Å². The SMILES string of the molecule is C=C(C)C1C=C(O)C(C)CC1. The van der Waals surface area contributed by atoms with Crippen LogP contribution in [-0.2, 0) is 0 Å². The van der Waals surface area contributed by atoms with Crippen LogP contribution in [-0.4, -0.2) is 5.11 Å². The summed E-state index contributed by atoms with van der Waals surface area (Å²) in [6, 6.07) is 0. The lowest BCUT2D eigenvalue weighted by atomic mass is 9.85. The molecular formula is C10H16O. The molecule has 1 nitrogen and oxygen atoms in total. The fourth-order valence-corrected chi connectivity index (χ4v) is 1.42. The predicted octanol–water partition coefficient (Wildman–Crippen LogP) is 3.05. The molecule has 11 heavy (non-hydrogen) atoms. The molecule has 1 aliphatic carbocycles. The van der Waals surface area contributed by atoms with Gasteiger partial charge in [0.1, 0.15) is 0 Å². The van der Waals surface area contributed by atoms with Crippen molar-refractivity contribution in [2.75, 3.05) is 0 Å². The summed E-state index contributed by atoms with van der Waals surface area (Å²) in [7, 11) is 0. The van der Waals surface area contributed by atoms with E-state index in [0.29, 0.717) is 17.6 Å². The van der Waals surface area contributed by atoms with Crippen molar-refractivity contribution in [1.29, 1.82) is 0 Å². The molecule has 0 bridgehead atoms. The van der Waals surface area contributed by atoms with Gasteiger partial charge in [0.2, 0.25) is 0 Å². The van der Waals surface area contributed by atoms with Crippen molar-refractivity contribution in [2.45, 2.75) is 26.7 Å². The van der Waals surface area contributed by atoms with Gasteiger partial charge in [0, 0.05) is 11.8 Å². The number of aliphatic hydroxyl groups excluding tert-OH is 1. The van der Waals surface area contributed by atoms with E-state index in [1.807, 2.05) is 13.0 Å². The van der Waals surface area contributed by atoms with Crippen LogP contribution in [0.25, 0.3) is 0 Å². The van der Waals surface area contributed by atoms with Crippen LogP contribution in [0.2, 0.25) is 0 Å². The Hall–Kier alpha value is -0.720. The molecule has 1 heteroatoms. The Morgan fingerprint density at radius 2 is 2.27 bits per heavy atom. The minimum Gasteiger partial charge on any atom is -0.512 e. The van der Waals surface area contributed by atoms with E-state index in [0.717, 1.165) is 18.4 Å². The number of allylic oxidation sites excluding steroid dienone is 3. The Morgan fingerprint density at radius 1 is 1.64 bits per heavy atom. The molecule has 0 spiro atoms. The van der Waals surface area contributed by atoms with E-state index in [-0.39, 0.29) is 0 Å². The molecule has 0 amide bonds. The van der Waals surface area contributed by atoms with Crippen molar-refractivity contribution in [3.63, 3.8) is 0 Å². The van der Waals surface area contributed by atoms with Gasteiger partial charge >= 0.3 is 0 Å². The highest BCUT2D eigenvalue weighted by atomic mass is 16.3. The van der Waals surface area contributed by atoms with Gasteiger partial charge in [0.15, 0.2) is 0 Å². The molecule has 62 valence electrons. The van der Waals surface area contributed by atoms with Gasteiger partial charge in [0.05, 0.1) is 5.76 Å². The molecule has 1 N–H and O–H groups in total. The lowest BCUT2D eigenvalue weighted by molar-refractivity contribution is 0.299. The van der Waals surface area contributed by atoms with Crippen LogP contribution in [0.1, 0.15) is 26.7 Å². The zero-order valence-electron chi connectivity index (χ0n) is 7.30. The molecule has 1 rings (SSSR count). The molecule has 2 atom stereocenters. The maximum atomic E-state index is 9.42. The Balaban J connectivity index is 2.69. The van der Waals surface area contributed by atoms with E-state index >= 15 is 0 Å². The molecule has 0 saturated carbocycles. The molecule has 0 aromatic heterocycles. The average Bonchev–Trinajstić information content (AvgIpc) is 1.94. The highest BCUT2D eigenvalue weighted by Gasteiger charge is 2.18. The van der Waals surface area contributed by atoms with E-state index in [1.165, 1.54) is 0 Å². The topological polar surface area (TPSA) is 20.2 Å². The molecule has 0 aromatic carbocycles. The van der Waals surface area contributed by atoms with Crippen molar-refractivity contribution < 1.29 is 5.11 Å². The van der Waals surface area contributed by atoms with E-state index < -0.39 is 0 Å². The predicted molar refractivity (Wildman–Crippen MR) is 47.4 cm³/mol. The second-order valence-electron chi connectivity index (χ2n) is 3.52. The molecule has 0 saturated heterocycles. The van der Waals surface area contributed by atoms with Crippen LogP contribution in [0.3, 0.4) is 0 Å².